The van der Waals surface area contributed by atoms with Gasteiger partial charge in [-0.25, -0.2) is 4.79 Å². The van der Waals surface area contributed by atoms with Gasteiger partial charge in [-0.1, -0.05) is 42.5 Å². The first kappa shape index (κ1) is 18.4. The highest BCUT2D eigenvalue weighted by Crippen LogP contribution is 2.19. The van der Waals surface area contributed by atoms with Crippen LogP contribution in [-0.4, -0.2) is 23.9 Å². The predicted molar refractivity (Wildman–Crippen MR) is 84.8 cm³/mol. The average molecular weight is 352 g/mol. The summed E-state index contributed by atoms with van der Waals surface area (Å²) in [7, 11) is 0. The fourth-order valence-corrected chi connectivity index (χ4v) is 1.88. The minimum absolute atomic E-state index is 0.366. The van der Waals surface area contributed by atoms with Crippen molar-refractivity contribution in [1.29, 1.82) is 0 Å². The first-order valence-corrected chi connectivity index (χ1v) is 7.25. The highest BCUT2D eigenvalue weighted by atomic mass is 19.4. The maximum absolute atomic E-state index is 12.1. The summed E-state index contributed by atoms with van der Waals surface area (Å²) >= 11 is 0. The third kappa shape index (κ3) is 6.58. The van der Waals surface area contributed by atoms with Crippen LogP contribution in [0.3, 0.4) is 0 Å². The molecule has 2 aromatic carbocycles. The van der Waals surface area contributed by atoms with E-state index in [1.54, 1.807) is 12.1 Å². The summed E-state index contributed by atoms with van der Waals surface area (Å²) in [5.74, 6) is -1.81. The number of hydrogen-bond donors (Lipinski definition) is 1. The summed E-state index contributed by atoms with van der Waals surface area (Å²) in [6.45, 7) is -1.30. The lowest BCUT2D eigenvalue weighted by Crippen LogP contribution is -2.19. The number of carboxylic acid groups (broad SMARTS) is 1. The van der Waals surface area contributed by atoms with Crippen LogP contribution in [0.5, 0.6) is 5.75 Å². The van der Waals surface area contributed by atoms with E-state index in [1.165, 1.54) is 12.1 Å². The van der Waals surface area contributed by atoms with Gasteiger partial charge < -0.3 is 14.6 Å². The number of hydrogen-bond acceptors (Lipinski definition) is 3. The van der Waals surface area contributed by atoms with E-state index in [2.05, 4.69) is 4.74 Å². The second kappa shape index (κ2) is 8.23. The number of alkyl halides is 3. The number of ether oxygens (including phenoxy) is 2. The molecule has 0 aromatic heterocycles. The Hall–Kier alpha value is -2.96. The molecular formula is C18H15F3O4. The van der Waals surface area contributed by atoms with E-state index >= 15 is 0 Å². The van der Waals surface area contributed by atoms with Crippen LogP contribution in [0.15, 0.2) is 60.4 Å². The van der Waals surface area contributed by atoms with Gasteiger partial charge >= 0.3 is 12.1 Å². The van der Waals surface area contributed by atoms with Crippen molar-refractivity contribution in [2.75, 3.05) is 6.61 Å². The molecule has 0 radical (unpaired) electrons. The van der Waals surface area contributed by atoms with Gasteiger partial charge in [-0.15, -0.1) is 0 Å². The number of carbonyl (C=O) groups is 1. The predicted octanol–water partition coefficient (Wildman–Crippen LogP) is 4.27. The van der Waals surface area contributed by atoms with Crippen LogP contribution in [0.25, 0.3) is 6.08 Å². The molecule has 2 aromatic rings. The number of halogens is 3. The molecule has 7 heteroatoms. The van der Waals surface area contributed by atoms with Crippen LogP contribution in [0.1, 0.15) is 11.1 Å². The van der Waals surface area contributed by atoms with E-state index in [0.29, 0.717) is 17.9 Å². The van der Waals surface area contributed by atoms with E-state index in [4.69, 9.17) is 9.84 Å². The second-order valence-electron chi connectivity index (χ2n) is 5.06. The molecule has 0 aliphatic carbocycles. The van der Waals surface area contributed by atoms with Crippen LogP contribution >= 0.6 is 0 Å². The molecule has 0 saturated heterocycles. The van der Waals surface area contributed by atoms with E-state index < -0.39 is 24.5 Å². The van der Waals surface area contributed by atoms with Crippen LogP contribution in [0.2, 0.25) is 0 Å². The Morgan fingerprint density at radius 1 is 1.04 bits per heavy atom. The molecule has 25 heavy (non-hydrogen) atoms. The van der Waals surface area contributed by atoms with E-state index in [-0.39, 0.29) is 0 Å². The first-order valence-electron chi connectivity index (χ1n) is 7.25. The van der Waals surface area contributed by atoms with E-state index in [9.17, 15) is 18.0 Å². The summed E-state index contributed by atoms with van der Waals surface area (Å²) in [6, 6.07) is 15.7. The van der Waals surface area contributed by atoms with Gasteiger partial charge in [0.1, 0.15) is 12.4 Å². The van der Waals surface area contributed by atoms with Gasteiger partial charge in [0.2, 0.25) is 5.76 Å². The fourth-order valence-electron chi connectivity index (χ4n) is 1.88. The van der Waals surface area contributed by atoms with E-state index in [1.807, 2.05) is 30.3 Å². The van der Waals surface area contributed by atoms with Gasteiger partial charge in [0.15, 0.2) is 6.61 Å². The summed E-state index contributed by atoms with van der Waals surface area (Å²) < 4.78 is 46.3. The minimum atomic E-state index is -4.61. The molecule has 0 fully saturated rings. The number of aliphatic carboxylic acids is 1. The normalized spacial score (nSPS) is 11.9. The molecule has 0 amide bonds. The third-order valence-electron chi connectivity index (χ3n) is 3.03. The molecule has 0 heterocycles. The molecular weight excluding hydrogens is 337 g/mol. The molecule has 1 N–H and O–H groups in total. The molecule has 2 rings (SSSR count). The topological polar surface area (TPSA) is 55.8 Å². The fraction of sp³-hybridized carbons (Fsp3) is 0.167. The Kier molecular flexibility index (Phi) is 6.05. The monoisotopic (exact) mass is 352 g/mol. The summed E-state index contributed by atoms with van der Waals surface area (Å²) in [6.07, 6.45) is -3.58. The standard InChI is InChI=1S/C18H15F3O4/c19-18(20,21)12-25-16(17(22)23)10-13-6-8-15(9-7-13)24-11-14-4-2-1-3-5-14/h1-10H,11-12H2,(H,22,23). The highest BCUT2D eigenvalue weighted by molar-refractivity contribution is 5.89. The van der Waals surface area contributed by atoms with E-state index in [0.717, 1.165) is 11.6 Å². The van der Waals surface area contributed by atoms with Crippen LogP contribution < -0.4 is 4.74 Å². The zero-order chi connectivity index (χ0) is 18.3. The Labute approximate surface area is 142 Å². The Balaban J connectivity index is 2.00. The van der Waals surface area contributed by atoms with Crippen molar-refractivity contribution < 1.29 is 32.5 Å². The molecule has 0 bridgehead atoms. The van der Waals surface area contributed by atoms with Crippen molar-refractivity contribution in [3.63, 3.8) is 0 Å². The van der Waals surface area contributed by atoms with Crippen molar-refractivity contribution in [1.82, 2.24) is 0 Å². The minimum Gasteiger partial charge on any atom is -0.489 e. The smallest absolute Gasteiger partial charge is 0.422 e. The van der Waals surface area contributed by atoms with Crippen molar-refractivity contribution in [3.05, 3.63) is 71.5 Å². The Morgan fingerprint density at radius 2 is 1.68 bits per heavy atom. The lowest BCUT2D eigenvalue weighted by molar-refractivity contribution is -0.169. The first-order chi connectivity index (χ1) is 11.8. The van der Waals surface area contributed by atoms with Crippen molar-refractivity contribution in [2.24, 2.45) is 0 Å². The molecule has 0 unspecified atom stereocenters. The Bertz CT molecular complexity index is 722. The highest BCUT2D eigenvalue weighted by Gasteiger charge is 2.29. The maximum Gasteiger partial charge on any atom is 0.422 e. The Morgan fingerprint density at radius 3 is 2.24 bits per heavy atom. The summed E-state index contributed by atoms with van der Waals surface area (Å²) in [4.78, 5) is 11.0. The lowest BCUT2D eigenvalue weighted by Gasteiger charge is -2.10. The SMILES string of the molecule is O=C(O)C(=Cc1ccc(OCc2ccccc2)cc1)OCC(F)(F)F. The zero-order valence-corrected chi connectivity index (χ0v) is 13.0. The average Bonchev–Trinajstić information content (AvgIpc) is 2.57. The molecule has 4 nitrogen and oxygen atoms in total. The molecule has 0 saturated carbocycles. The number of carboxylic acids is 1. The quantitative estimate of drug-likeness (QED) is 0.597. The second-order valence-corrected chi connectivity index (χ2v) is 5.06. The molecule has 132 valence electrons. The van der Waals surface area contributed by atoms with Crippen molar-refractivity contribution in [2.45, 2.75) is 12.8 Å². The number of rotatable bonds is 7. The molecule has 0 atom stereocenters. The number of benzene rings is 2. The van der Waals surface area contributed by atoms with Crippen LogP contribution in [0, 0.1) is 0 Å². The third-order valence-corrected chi connectivity index (χ3v) is 3.03. The van der Waals surface area contributed by atoms with Gasteiger partial charge in [0, 0.05) is 0 Å². The molecule has 0 aliphatic rings. The lowest BCUT2D eigenvalue weighted by atomic mass is 10.2. The maximum atomic E-state index is 12.1. The largest absolute Gasteiger partial charge is 0.489 e. The van der Waals surface area contributed by atoms with Crippen LogP contribution in [-0.2, 0) is 16.1 Å². The zero-order valence-electron chi connectivity index (χ0n) is 13.0. The van der Waals surface area contributed by atoms with Gasteiger partial charge in [0.05, 0.1) is 0 Å². The molecule has 0 spiro atoms. The molecule has 0 aliphatic heterocycles. The summed E-state index contributed by atoms with van der Waals surface area (Å²) in [5, 5.41) is 8.91. The van der Waals surface area contributed by atoms with Gasteiger partial charge in [0.25, 0.3) is 0 Å². The van der Waals surface area contributed by atoms with Crippen LogP contribution in [0.4, 0.5) is 13.2 Å². The summed E-state index contributed by atoms with van der Waals surface area (Å²) in [5.41, 5.74) is 1.37. The van der Waals surface area contributed by atoms with Crippen molar-refractivity contribution in [3.8, 4) is 5.75 Å². The van der Waals surface area contributed by atoms with Gasteiger partial charge in [-0.2, -0.15) is 13.2 Å². The van der Waals surface area contributed by atoms with Crippen molar-refractivity contribution >= 4 is 12.0 Å². The van der Waals surface area contributed by atoms with Gasteiger partial charge in [-0.3, -0.25) is 0 Å². The van der Waals surface area contributed by atoms with Gasteiger partial charge in [-0.05, 0) is 29.3 Å².